The van der Waals surface area contributed by atoms with E-state index in [2.05, 4.69) is 0 Å². The number of carbonyl (C=O) groups is 1. The first kappa shape index (κ1) is 13.8. The Bertz CT molecular complexity index is 551. The zero-order valence-corrected chi connectivity index (χ0v) is 11.8. The van der Waals surface area contributed by atoms with Gasteiger partial charge in [0.1, 0.15) is 5.69 Å². The van der Waals surface area contributed by atoms with Crippen LogP contribution in [0.2, 0.25) is 0 Å². The molecule has 0 fully saturated rings. The van der Waals surface area contributed by atoms with E-state index in [-0.39, 0.29) is 10.4 Å². The average Bonchev–Trinajstić information content (AvgIpc) is 2.47. The van der Waals surface area contributed by atoms with Crippen molar-refractivity contribution in [1.82, 2.24) is 4.48 Å². The Kier molecular flexibility index (Phi) is 4.03. The third-order valence-electron chi connectivity index (χ3n) is 3.26. The first-order valence-electron chi connectivity index (χ1n) is 6.16. The van der Waals surface area contributed by atoms with E-state index in [0.29, 0.717) is 0 Å². The summed E-state index contributed by atoms with van der Waals surface area (Å²) in [5.74, 6) is -0.0425. The summed E-state index contributed by atoms with van der Waals surface area (Å²) in [6.45, 7) is 0. The molecule has 19 heavy (non-hydrogen) atoms. The lowest BCUT2D eigenvalue weighted by molar-refractivity contribution is -0.127. The van der Waals surface area contributed by atoms with Gasteiger partial charge >= 0.3 is 5.91 Å². The average molecular weight is 275 g/mol. The molecule has 2 aromatic rings. The van der Waals surface area contributed by atoms with Crippen LogP contribution in [-0.2, 0) is 4.79 Å². The maximum Gasteiger partial charge on any atom is 0.340 e. The van der Waals surface area contributed by atoms with E-state index in [1.165, 1.54) is 0 Å². The molecule has 1 amide bonds. The van der Waals surface area contributed by atoms with Crippen LogP contribution in [0.5, 0.6) is 0 Å². The number of hydrogen-bond acceptors (Lipinski definition) is 1. The number of hydrogen-bond donors (Lipinski definition) is 0. The molecule has 0 heterocycles. The molecule has 2 nitrogen and oxygen atoms in total. The Morgan fingerprint density at radius 3 is 1.95 bits per heavy atom. The fourth-order valence-corrected chi connectivity index (χ4v) is 2.37. The highest BCUT2D eigenvalue weighted by atomic mass is 35.5. The van der Waals surface area contributed by atoms with Crippen molar-refractivity contribution in [3.8, 4) is 0 Å². The van der Waals surface area contributed by atoms with Crippen LogP contribution in [0.3, 0.4) is 0 Å². The van der Waals surface area contributed by atoms with Crippen molar-refractivity contribution in [2.75, 3.05) is 14.1 Å². The van der Waals surface area contributed by atoms with Gasteiger partial charge in [0.2, 0.25) is 0 Å². The minimum Gasteiger partial charge on any atom is -0.232 e. The molecule has 0 spiro atoms. The first-order chi connectivity index (χ1) is 9.03. The highest BCUT2D eigenvalue weighted by Gasteiger charge is 2.35. The molecule has 0 saturated heterocycles. The smallest absolute Gasteiger partial charge is 0.232 e. The molecule has 0 bridgehead atoms. The van der Waals surface area contributed by atoms with Crippen LogP contribution in [0.15, 0.2) is 60.7 Å². The Hall–Kier alpha value is -1.64. The molecule has 0 radical (unpaired) electrons. The molecular formula is C16H17ClNO+. The standard InChI is InChI=1S/C16H17ClNO/c1-18(2,14-11-7-4-8-12-14)16(19)15(17)13-9-5-3-6-10-13/h3-12,15H,1-2H3/q+1. The van der Waals surface area contributed by atoms with Crippen LogP contribution in [0.4, 0.5) is 5.69 Å². The van der Waals surface area contributed by atoms with Crippen molar-refractivity contribution >= 4 is 23.2 Å². The maximum atomic E-state index is 12.6. The second-order valence-electron chi connectivity index (χ2n) is 4.90. The highest BCUT2D eigenvalue weighted by molar-refractivity contribution is 6.31. The van der Waals surface area contributed by atoms with Crippen molar-refractivity contribution < 1.29 is 4.79 Å². The fraction of sp³-hybridized carbons (Fsp3) is 0.188. The Morgan fingerprint density at radius 2 is 1.42 bits per heavy atom. The molecule has 3 heteroatoms. The first-order valence-corrected chi connectivity index (χ1v) is 6.60. The summed E-state index contributed by atoms with van der Waals surface area (Å²) in [7, 11) is 3.71. The number of carbonyl (C=O) groups excluding carboxylic acids is 1. The van der Waals surface area contributed by atoms with Crippen molar-refractivity contribution in [3.05, 3.63) is 66.2 Å². The second kappa shape index (κ2) is 5.55. The number of amides is 1. The normalized spacial score (nSPS) is 13.0. The molecule has 2 aromatic carbocycles. The van der Waals surface area contributed by atoms with Crippen molar-refractivity contribution in [1.29, 1.82) is 0 Å². The van der Waals surface area contributed by atoms with Gasteiger partial charge < -0.3 is 0 Å². The minimum absolute atomic E-state index is 0.0425. The van der Waals surface area contributed by atoms with Gasteiger partial charge in [-0.15, -0.1) is 11.6 Å². The van der Waals surface area contributed by atoms with Gasteiger partial charge in [-0.05, 0) is 17.7 Å². The molecule has 2 rings (SSSR count). The lowest BCUT2D eigenvalue weighted by Crippen LogP contribution is -2.48. The van der Waals surface area contributed by atoms with E-state index < -0.39 is 5.38 Å². The Balaban J connectivity index is 2.29. The van der Waals surface area contributed by atoms with E-state index in [4.69, 9.17) is 11.6 Å². The molecule has 0 aromatic heterocycles. The van der Waals surface area contributed by atoms with Gasteiger partial charge in [-0.25, -0.2) is 9.28 Å². The minimum atomic E-state index is -0.642. The van der Waals surface area contributed by atoms with Crippen molar-refractivity contribution in [2.45, 2.75) is 5.38 Å². The molecule has 1 unspecified atom stereocenters. The van der Waals surface area contributed by atoms with E-state index in [0.717, 1.165) is 11.3 Å². The van der Waals surface area contributed by atoms with Crippen LogP contribution < -0.4 is 4.48 Å². The molecule has 0 aliphatic carbocycles. The van der Waals surface area contributed by atoms with E-state index in [1.807, 2.05) is 74.8 Å². The molecule has 98 valence electrons. The number of rotatable bonds is 3. The highest BCUT2D eigenvalue weighted by Crippen LogP contribution is 2.28. The predicted molar refractivity (Wildman–Crippen MR) is 80.1 cm³/mol. The molecule has 1 atom stereocenters. The summed E-state index contributed by atoms with van der Waals surface area (Å²) in [5.41, 5.74) is 1.75. The molecule has 0 N–H and O–H groups in total. The zero-order chi connectivity index (χ0) is 13.9. The van der Waals surface area contributed by atoms with Gasteiger partial charge in [-0.2, -0.15) is 0 Å². The van der Waals surface area contributed by atoms with Gasteiger partial charge in [0, 0.05) is 0 Å². The van der Waals surface area contributed by atoms with E-state index in [9.17, 15) is 4.79 Å². The number of nitrogens with zero attached hydrogens (tertiary/aromatic N) is 1. The van der Waals surface area contributed by atoms with Crippen LogP contribution in [0, 0.1) is 0 Å². The summed E-state index contributed by atoms with van der Waals surface area (Å²) < 4.78 is 0.129. The van der Waals surface area contributed by atoms with Crippen molar-refractivity contribution in [2.24, 2.45) is 0 Å². The van der Waals surface area contributed by atoms with Crippen LogP contribution >= 0.6 is 11.6 Å². The monoisotopic (exact) mass is 274 g/mol. The van der Waals surface area contributed by atoms with E-state index in [1.54, 1.807) is 0 Å². The van der Waals surface area contributed by atoms with Gasteiger partial charge in [-0.3, -0.25) is 0 Å². The second-order valence-corrected chi connectivity index (χ2v) is 5.34. The molecule has 0 aliphatic rings. The molecule has 0 saturated carbocycles. The largest absolute Gasteiger partial charge is 0.340 e. The third kappa shape index (κ3) is 2.86. The summed E-state index contributed by atoms with van der Waals surface area (Å²) in [6, 6.07) is 19.1. The summed E-state index contributed by atoms with van der Waals surface area (Å²) >= 11 is 6.33. The van der Waals surface area contributed by atoms with Crippen molar-refractivity contribution in [3.63, 3.8) is 0 Å². The molecule has 0 aliphatic heterocycles. The Morgan fingerprint density at radius 1 is 0.947 bits per heavy atom. The number of para-hydroxylation sites is 1. The predicted octanol–water partition coefficient (Wildman–Crippen LogP) is 3.76. The SMILES string of the molecule is C[N+](C)(C(=O)C(Cl)c1ccccc1)c1ccccc1. The number of likely N-dealkylation sites (N-methyl/N-ethyl adjacent to an activating group) is 1. The number of quaternary nitrogens is 1. The van der Waals surface area contributed by atoms with Gasteiger partial charge in [0.15, 0.2) is 5.38 Å². The molecular weight excluding hydrogens is 258 g/mol. The fourth-order valence-electron chi connectivity index (χ4n) is 1.98. The lowest BCUT2D eigenvalue weighted by Gasteiger charge is -2.28. The van der Waals surface area contributed by atoms with Gasteiger partial charge in [-0.1, -0.05) is 48.5 Å². The van der Waals surface area contributed by atoms with Gasteiger partial charge in [0.05, 0.1) is 14.1 Å². The summed E-state index contributed by atoms with van der Waals surface area (Å²) in [4.78, 5) is 12.6. The summed E-state index contributed by atoms with van der Waals surface area (Å²) in [5, 5.41) is -0.642. The number of benzene rings is 2. The lowest BCUT2D eigenvalue weighted by atomic mass is 10.1. The Labute approximate surface area is 118 Å². The van der Waals surface area contributed by atoms with Crippen LogP contribution in [-0.4, -0.2) is 20.0 Å². The van der Waals surface area contributed by atoms with Crippen LogP contribution in [0.25, 0.3) is 0 Å². The quantitative estimate of drug-likeness (QED) is 0.615. The zero-order valence-electron chi connectivity index (χ0n) is 11.1. The summed E-state index contributed by atoms with van der Waals surface area (Å²) in [6.07, 6.45) is 0. The van der Waals surface area contributed by atoms with Crippen LogP contribution in [0.1, 0.15) is 10.9 Å². The topological polar surface area (TPSA) is 17.1 Å². The number of halogens is 1. The number of alkyl halides is 1. The maximum absolute atomic E-state index is 12.6. The van der Waals surface area contributed by atoms with Gasteiger partial charge in [0.25, 0.3) is 0 Å². The third-order valence-corrected chi connectivity index (χ3v) is 3.70. The van der Waals surface area contributed by atoms with E-state index >= 15 is 0 Å².